The van der Waals surface area contributed by atoms with Crippen LogP contribution in [0.3, 0.4) is 0 Å². The molecule has 2 N–H and O–H groups in total. The van der Waals surface area contributed by atoms with Gasteiger partial charge in [-0.25, -0.2) is 4.79 Å². The summed E-state index contributed by atoms with van der Waals surface area (Å²) in [6.45, 7) is 6.47. The van der Waals surface area contributed by atoms with Gasteiger partial charge in [-0.15, -0.1) is 0 Å². The monoisotopic (exact) mass is 284 g/mol. The molecule has 1 aliphatic rings. The Labute approximate surface area is 117 Å². The summed E-state index contributed by atoms with van der Waals surface area (Å²) in [6.07, 6.45) is 0.917. The standard InChI is InChI=1S/C14H20O6/c1-4-20-14(12(18)19)8-6-5-7-13(14,11(16)17)10(15)9(2)3/h2,4-8H2,1,3H3,(H,16,17)(H,18,19). The van der Waals surface area contributed by atoms with Crippen molar-refractivity contribution in [2.45, 2.75) is 45.1 Å². The van der Waals surface area contributed by atoms with E-state index in [1.165, 1.54) is 6.92 Å². The van der Waals surface area contributed by atoms with Crippen LogP contribution in [0.2, 0.25) is 0 Å². The number of aliphatic carboxylic acids is 2. The van der Waals surface area contributed by atoms with Crippen molar-refractivity contribution in [2.24, 2.45) is 5.41 Å². The van der Waals surface area contributed by atoms with Crippen LogP contribution in [0.15, 0.2) is 12.2 Å². The molecule has 0 heterocycles. The first-order valence-corrected chi connectivity index (χ1v) is 6.57. The van der Waals surface area contributed by atoms with Crippen LogP contribution < -0.4 is 0 Å². The summed E-state index contributed by atoms with van der Waals surface area (Å²) in [7, 11) is 0. The number of carbonyl (C=O) groups excluding carboxylic acids is 1. The number of hydrogen-bond acceptors (Lipinski definition) is 4. The maximum Gasteiger partial charge on any atom is 0.337 e. The first-order chi connectivity index (χ1) is 9.26. The zero-order valence-corrected chi connectivity index (χ0v) is 11.8. The molecule has 112 valence electrons. The van der Waals surface area contributed by atoms with Crippen LogP contribution in [0.1, 0.15) is 39.5 Å². The van der Waals surface area contributed by atoms with Gasteiger partial charge in [-0.3, -0.25) is 9.59 Å². The molecule has 20 heavy (non-hydrogen) atoms. The van der Waals surface area contributed by atoms with Crippen molar-refractivity contribution >= 4 is 17.7 Å². The largest absolute Gasteiger partial charge is 0.480 e. The van der Waals surface area contributed by atoms with Gasteiger partial charge >= 0.3 is 11.9 Å². The SMILES string of the molecule is C=C(C)C(=O)C1(C(=O)O)CCCCC1(OCC)C(=O)O. The van der Waals surface area contributed by atoms with Gasteiger partial charge in [0.05, 0.1) is 0 Å². The summed E-state index contributed by atoms with van der Waals surface area (Å²) in [5.41, 5.74) is -4.10. The second kappa shape index (κ2) is 5.75. The lowest BCUT2D eigenvalue weighted by atomic mass is 9.59. The molecule has 6 heteroatoms. The summed E-state index contributed by atoms with van der Waals surface area (Å²) in [5.74, 6) is -3.63. The Hall–Kier alpha value is -1.69. The Kier molecular flexibility index (Phi) is 4.70. The number of carbonyl (C=O) groups is 3. The van der Waals surface area contributed by atoms with Gasteiger partial charge in [0.2, 0.25) is 0 Å². The van der Waals surface area contributed by atoms with Crippen LogP contribution >= 0.6 is 0 Å². The van der Waals surface area contributed by atoms with E-state index in [4.69, 9.17) is 4.74 Å². The van der Waals surface area contributed by atoms with E-state index in [0.717, 1.165) is 0 Å². The molecule has 1 rings (SSSR count). The quantitative estimate of drug-likeness (QED) is 0.568. The lowest BCUT2D eigenvalue weighted by Gasteiger charge is -2.46. The predicted octanol–water partition coefficient (Wildman–Crippen LogP) is 1.64. The molecule has 0 radical (unpaired) electrons. The molecule has 1 saturated carbocycles. The summed E-state index contributed by atoms with van der Waals surface area (Å²) in [5, 5.41) is 19.2. The minimum absolute atomic E-state index is 0.00148. The highest BCUT2D eigenvalue weighted by Crippen LogP contribution is 2.49. The smallest absolute Gasteiger partial charge is 0.337 e. The van der Waals surface area contributed by atoms with Gasteiger partial charge in [-0.05, 0) is 38.7 Å². The first kappa shape index (κ1) is 16.4. The molecule has 0 bridgehead atoms. The van der Waals surface area contributed by atoms with Crippen LogP contribution in [-0.4, -0.2) is 40.1 Å². The molecule has 2 unspecified atom stereocenters. The van der Waals surface area contributed by atoms with E-state index in [2.05, 4.69) is 6.58 Å². The number of ketones is 1. The highest BCUT2D eigenvalue weighted by atomic mass is 16.5. The maximum atomic E-state index is 12.4. The summed E-state index contributed by atoms with van der Waals surface area (Å²) >= 11 is 0. The number of rotatable bonds is 6. The van der Waals surface area contributed by atoms with Crippen molar-refractivity contribution in [3.63, 3.8) is 0 Å². The third kappa shape index (κ3) is 2.14. The Morgan fingerprint density at radius 1 is 1.15 bits per heavy atom. The van der Waals surface area contributed by atoms with Crippen molar-refractivity contribution < 1.29 is 29.3 Å². The summed E-state index contributed by atoms with van der Waals surface area (Å²) in [4.78, 5) is 36.0. The van der Waals surface area contributed by atoms with Crippen LogP contribution in [0.4, 0.5) is 0 Å². The average molecular weight is 284 g/mol. The van der Waals surface area contributed by atoms with Crippen LogP contribution in [0, 0.1) is 5.41 Å². The van der Waals surface area contributed by atoms with E-state index in [9.17, 15) is 24.6 Å². The Bertz CT molecular complexity index is 451. The fourth-order valence-corrected chi connectivity index (χ4v) is 3.01. The molecule has 1 fully saturated rings. The second-order valence-corrected chi connectivity index (χ2v) is 5.09. The van der Waals surface area contributed by atoms with Gasteiger partial charge in [0.25, 0.3) is 0 Å². The molecule has 2 atom stereocenters. The predicted molar refractivity (Wildman–Crippen MR) is 70.4 cm³/mol. The molecule has 0 amide bonds. The highest BCUT2D eigenvalue weighted by molar-refractivity contribution is 6.15. The van der Waals surface area contributed by atoms with Gasteiger partial charge in [-0.1, -0.05) is 13.0 Å². The van der Waals surface area contributed by atoms with Gasteiger partial charge in [0.1, 0.15) is 0 Å². The second-order valence-electron chi connectivity index (χ2n) is 5.09. The fraction of sp³-hybridized carbons (Fsp3) is 0.643. The fourth-order valence-electron chi connectivity index (χ4n) is 3.01. The van der Waals surface area contributed by atoms with Crippen molar-refractivity contribution in [3.05, 3.63) is 12.2 Å². The van der Waals surface area contributed by atoms with E-state index >= 15 is 0 Å². The minimum atomic E-state index is -2.10. The topological polar surface area (TPSA) is 101 Å². The molecule has 1 aliphatic carbocycles. The number of hydrogen-bond donors (Lipinski definition) is 2. The van der Waals surface area contributed by atoms with E-state index in [-0.39, 0.29) is 25.0 Å². The minimum Gasteiger partial charge on any atom is -0.480 e. The van der Waals surface area contributed by atoms with Crippen molar-refractivity contribution in [2.75, 3.05) is 6.61 Å². The van der Waals surface area contributed by atoms with Crippen molar-refractivity contribution in [1.82, 2.24) is 0 Å². The molecular formula is C14H20O6. The third-order valence-electron chi connectivity index (χ3n) is 3.90. The molecule has 0 spiro atoms. The summed E-state index contributed by atoms with van der Waals surface area (Å²) in [6, 6.07) is 0. The van der Waals surface area contributed by atoms with Gasteiger partial charge in [0.15, 0.2) is 16.8 Å². The molecule has 6 nitrogen and oxygen atoms in total. The van der Waals surface area contributed by atoms with Crippen LogP contribution in [-0.2, 0) is 19.1 Å². The van der Waals surface area contributed by atoms with E-state index in [1.807, 2.05) is 0 Å². The number of allylic oxidation sites excluding steroid dienone is 1. The van der Waals surface area contributed by atoms with Gasteiger partial charge in [0, 0.05) is 6.61 Å². The Balaban J connectivity index is 3.57. The number of carboxylic acids is 2. The third-order valence-corrected chi connectivity index (χ3v) is 3.90. The molecule has 0 saturated heterocycles. The van der Waals surface area contributed by atoms with Crippen molar-refractivity contribution in [1.29, 1.82) is 0 Å². The summed E-state index contributed by atoms with van der Waals surface area (Å²) < 4.78 is 5.34. The molecule has 0 aromatic heterocycles. The van der Waals surface area contributed by atoms with Gasteiger partial charge < -0.3 is 14.9 Å². The van der Waals surface area contributed by atoms with Crippen molar-refractivity contribution in [3.8, 4) is 0 Å². The van der Waals surface area contributed by atoms with Gasteiger partial charge in [-0.2, -0.15) is 0 Å². The lowest BCUT2D eigenvalue weighted by molar-refractivity contribution is -0.207. The zero-order chi connectivity index (χ0) is 15.6. The Morgan fingerprint density at radius 3 is 2.10 bits per heavy atom. The molecule has 0 aromatic carbocycles. The Morgan fingerprint density at radius 2 is 1.70 bits per heavy atom. The average Bonchev–Trinajstić information content (AvgIpc) is 2.38. The zero-order valence-electron chi connectivity index (χ0n) is 11.8. The maximum absolute atomic E-state index is 12.4. The molecular weight excluding hydrogens is 264 g/mol. The molecule has 0 aliphatic heterocycles. The number of Topliss-reactive ketones (excluding diaryl/α,β-unsaturated/α-hetero) is 1. The van der Waals surface area contributed by atoms with E-state index in [1.54, 1.807) is 6.92 Å². The lowest BCUT2D eigenvalue weighted by Crippen LogP contribution is -2.65. The first-order valence-electron chi connectivity index (χ1n) is 6.57. The normalized spacial score (nSPS) is 29.7. The highest BCUT2D eigenvalue weighted by Gasteiger charge is 2.67. The van der Waals surface area contributed by atoms with Crippen LogP contribution in [0.25, 0.3) is 0 Å². The van der Waals surface area contributed by atoms with E-state index < -0.39 is 28.7 Å². The number of ether oxygens (including phenoxy) is 1. The number of carboxylic acid groups (broad SMARTS) is 2. The molecule has 0 aromatic rings. The van der Waals surface area contributed by atoms with E-state index in [0.29, 0.717) is 12.8 Å². The van der Waals surface area contributed by atoms with Crippen LogP contribution in [0.5, 0.6) is 0 Å².